The number of nitrogens with zero attached hydrogens (tertiary/aromatic N) is 1. The molecule has 0 unspecified atom stereocenters. The van der Waals surface area contributed by atoms with Gasteiger partial charge in [-0.2, -0.15) is 0 Å². The molecule has 0 bridgehead atoms. The number of rotatable bonds is 3. The van der Waals surface area contributed by atoms with Gasteiger partial charge in [0.05, 0.1) is 17.3 Å². The van der Waals surface area contributed by atoms with E-state index in [0.29, 0.717) is 22.8 Å². The molecule has 0 fully saturated rings. The third-order valence-electron chi connectivity index (χ3n) is 2.74. The highest BCUT2D eigenvalue weighted by Gasteiger charge is 2.07. The van der Waals surface area contributed by atoms with E-state index < -0.39 is 0 Å². The van der Waals surface area contributed by atoms with Gasteiger partial charge in [0.2, 0.25) is 0 Å². The maximum Gasteiger partial charge on any atom is 0.251 e. The Morgan fingerprint density at radius 3 is 2.83 bits per heavy atom. The van der Waals surface area contributed by atoms with Crippen molar-refractivity contribution in [3.63, 3.8) is 0 Å². The van der Waals surface area contributed by atoms with E-state index in [0.717, 1.165) is 5.69 Å². The summed E-state index contributed by atoms with van der Waals surface area (Å²) in [6, 6.07) is 8.73. The molecule has 2 aromatic rings. The Balaban J connectivity index is 2.04. The maximum atomic E-state index is 11.9. The molecular formula is C13H14ClN3O. The van der Waals surface area contributed by atoms with Crippen molar-refractivity contribution < 1.29 is 4.79 Å². The first kappa shape index (κ1) is 12.5. The second-order valence-electron chi connectivity index (χ2n) is 4.03. The zero-order valence-electron chi connectivity index (χ0n) is 9.98. The van der Waals surface area contributed by atoms with Gasteiger partial charge in [-0.15, -0.1) is 0 Å². The highest BCUT2D eigenvalue weighted by atomic mass is 35.5. The van der Waals surface area contributed by atoms with Gasteiger partial charge in [0.25, 0.3) is 5.91 Å². The minimum atomic E-state index is -0.167. The number of carbonyl (C=O) groups is 1. The van der Waals surface area contributed by atoms with Crippen LogP contribution in [0.2, 0.25) is 5.02 Å². The Morgan fingerprint density at radius 2 is 2.22 bits per heavy atom. The predicted molar refractivity (Wildman–Crippen MR) is 72.4 cm³/mol. The van der Waals surface area contributed by atoms with Crippen LogP contribution < -0.4 is 11.1 Å². The number of nitrogens with two attached hydrogens (primary N) is 1. The van der Waals surface area contributed by atoms with Crippen molar-refractivity contribution in [2.24, 2.45) is 7.05 Å². The lowest BCUT2D eigenvalue weighted by Gasteiger charge is -2.07. The molecule has 1 heterocycles. The summed E-state index contributed by atoms with van der Waals surface area (Å²) in [5, 5.41) is 3.28. The van der Waals surface area contributed by atoms with Crippen LogP contribution >= 0.6 is 11.6 Å². The lowest BCUT2D eigenvalue weighted by Crippen LogP contribution is -2.23. The predicted octanol–water partition coefficient (Wildman–Crippen LogP) is 2.19. The van der Waals surface area contributed by atoms with Crippen LogP contribution in [0.15, 0.2) is 36.5 Å². The van der Waals surface area contributed by atoms with Gasteiger partial charge in [-0.05, 0) is 30.3 Å². The number of nitrogens with one attached hydrogen (secondary N) is 1. The molecule has 2 rings (SSSR count). The number of anilines is 1. The third kappa shape index (κ3) is 2.65. The number of halogens is 1. The summed E-state index contributed by atoms with van der Waals surface area (Å²) < 4.78 is 1.95. The largest absolute Gasteiger partial charge is 0.398 e. The molecule has 1 amide bonds. The van der Waals surface area contributed by atoms with Crippen molar-refractivity contribution in [2.75, 3.05) is 5.73 Å². The molecule has 0 atom stereocenters. The molecule has 4 nitrogen and oxygen atoms in total. The standard InChI is InChI=1S/C13H14ClN3O/c1-17-6-2-3-10(17)8-16-13(18)9-4-5-11(14)12(15)7-9/h2-7H,8,15H2,1H3,(H,16,18). The summed E-state index contributed by atoms with van der Waals surface area (Å²) >= 11 is 5.80. The first-order valence-corrected chi connectivity index (χ1v) is 5.89. The van der Waals surface area contributed by atoms with Gasteiger partial charge in [-0.1, -0.05) is 11.6 Å². The number of amides is 1. The van der Waals surface area contributed by atoms with Gasteiger partial charge in [0, 0.05) is 24.5 Å². The van der Waals surface area contributed by atoms with Gasteiger partial charge < -0.3 is 15.6 Å². The van der Waals surface area contributed by atoms with Crippen LogP contribution in [0, 0.1) is 0 Å². The Bertz CT molecular complexity index is 577. The zero-order valence-corrected chi connectivity index (χ0v) is 10.7. The normalized spacial score (nSPS) is 10.3. The second kappa shape index (κ2) is 5.14. The van der Waals surface area contributed by atoms with E-state index in [9.17, 15) is 4.79 Å². The summed E-state index contributed by atoms with van der Waals surface area (Å²) in [7, 11) is 1.93. The number of aryl methyl sites for hydroxylation is 1. The SMILES string of the molecule is Cn1cccc1CNC(=O)c1ccc(Cl)c(N)c1. The Morgan fingerprint density at radius 1 is 1.44 bits per heavy atom. The summed E-state index contributed by atoms with van der Waals surface area (Å²) in [4.78, 5) is 11.9. The number of carbonyl (C=O) groups excluding carboxylic acids is 1. The first-order valence-electron chi connectivity index (χ1n) is 5.51. The molecule has 1 aromatic carbocycles. The van der Waals surface area contributed by atoms with E-state index in [-0.39, 0.29) is 5.91 Å². The number of hydrogen-bond acceptors (Lipinski definition) is 2. The molecule has 0 saturated carbocycles. The van der Waals surface area contributed by atoms with E-state index in [1.54, 1.807) is 18.2 Å². The molecular weight excluding hydrogens is 250 g/mol. The van der Waals surface area contributed by atoms with E-state index in [2.05, 4.69) is 5.32 Å². The summed E-state index contributed by atoms with van der Waals surface area (Å²) in [6.45, 7) is 0.477. The minimum absolute atomic E-state index is 0.167. The average molecular weight is 264 g/mol. The Kier molecular flexibility index (Phi) is 3.58. The molecule has 0 saturated heterocycles. The Hall–Kier alpha value is -1.94. The van der Waals surface area contributed by atoms with Gasteiger partial charge in [0.1, 0.15) is 0 Å². The molecule has 5 heteroatoms. The first-order chi connectivity index (χ1) is 8.58. The van der Waals surface area contributed by atoms with Crippen molar-refractivity contribution in [1.82, 2.24) is 9.88 Å². The second-order valence-corrected chi connectivity index (χ2v) is 4.44. The van der Waals surface area contributed by atoms with Crippen LogP contribution in [0.5, 0.6) is 0 Å². The Labute approximate surface area is 110 Å². The molecule has 18 heavy (non-hydrogen) atoms. The van der Waals surface area contributed by atoms with Crippen LogP contribution in [0.3, 0.4) is 0 Å². The molecule has 0 aliphatic heterocycles. The minimum Gasteiger partial charge on any atom is -0.398 e. The number of nitrogen functional groups attached to an aromatic ring is 1. The van der Waals surface area contributed by atoms with Crippen LogP contribution in [0.25, 0.3) is 0 Å². The highest BCUT2D eigenvalue weighted by molar-refractivity contribution is 6.33. The fourth-order valence-corrected chi connectivity index (χ4v) is 1.76. The molecule has 0 aliphatic carbocycles. The van der Waals surface area contributed by atoms with Crippen LogP contribution in [0.4, 0.5) is 5.69 Å². The molecule has 1 aromatic heterocycles. The lowest BCUT2D eigenvalue weighted by molar-refractivity contribution is 0.0950. The van der Waals surface area contributed by atoms with Crippen molar-refractivity contribution >= 4 is 23.2 Å². The van der Waals surface area contributed by atoms with Gasteiger partial charge >= 0.3 is 0 Å². The van der Waals surface area contributed by atoms with Gasteiger partial charge in [-0.25, -0.2) is 0 Å². The van der Waals surface area contributed by atoms with Crippen molar-refractivity contribution in [3.8, 4) is 0 Å². The number of benzene rings is 1. The van der Waals surface area contributed by atoms with Crippen LogP contribution in [-0.4, -0.2) is 10.5 Å². The topological polar surface area (TPSA) is 60.0 Å². The van der Waals surface area contributed by atoms with Crippen molar-refractivity contribution in [3.05, 3.63) is 52.8 Å². The molecule has 0 spiro atoms. The maximum absolute atomic E-state index is 11.9. The zero-order chi connectivity index (χ0) is 13.1. The van der Waals surface area contributed by atoms with E-state index >= 15 is 0 Å². The fourth-order valence-electron chi connectivity index (χ4n) is 1.64. The van der Waals surface area contributed by atoms with Crippen molar-refractivity contribution in [2.45, 2.75) is 6.54 Å². The molecule has 0 aliphatic rings. The summed E-state index contributed by atoms with van der Waals surface area (Å²) in [5.41, 5.74) is 7.60. The highest BCUT2D eigenvalue weighted by Crippen LogP contribution is 2.19. The third-order valence-corrected chi connectivity index (χ3v) is 3.08. The quantitative estimate of drug-likeness (QED) is 0.834. The van der Waals surface area contributed by atoms with Crippen LogP contribution in [0.1, 0.15) is 16.1 Å². The van der Waals surface area contributed by atoms with Crippen molar-refractivity contribution in [1.29, 1.82) is 0 Å². The smallest absolute Gasteiger partial charge is 0.251 e. The van der Waals surface area contributed by atoms with E-state index in [1.807, 2.05) is 29.9 Å². The summed E-state index contributed by atoms with van der Waals surface area (Å²) in [5.74, 6) is -0.167. The van der Waals surface area contributed by atoms with E-state index in [1.165, 1.54) is 0 Å². The van der Waals surface area contributed by atoms with Crippen LogP contribution in [-0.2, 0) is 13.6 Å². The molecule has 0 radical (unpaired) electrons. The molecule has 3 N–H and O–H groups in total. The molecule has 94 valence electrons. The number of aromatic nitrogens is 1. The fraction of sp³-hybridized carbons (Fsp3) is 0.154. The number of hydrogen-bond donors (Lipinski definition) is 2. The van der Waals surface area contributed by atoms with Gasteiger partial charge in [-0.3, -0.25) is 4.79 Å². The average Bonchev–Trinajstić information content (AvgIpc) is 2.75. The summed E-state index contributed by atoms with van der Waals surface area (Å²) in [6.07, 6.45) is 1.93. The lowest BCUT2D eigenvalue weighted by atomic mass is 10.2. The van der Waals surface area contributed by atoms with Gasteiger partial charge in [0.15, 0.2) is 0 Å². The van der Waals surface area contributed by atoms with E-state index in [4.69, 9.17) is 17.3 Å². The monoisotopic (exact) mass is 263 g/mol.